The number of benzene rings is 8. The Hall–Kier alpha value is -5.76. The van der Waals surface area contributed by atoms with E-state index in [-0.39, 0.29) is 5.41 Å². The van der Waals surface area contributed by atoms with Gasteiger partial charge in [0.05, 0.1) is 0 Å². The largest absolute Gasteiger partial charge is 0.135 e. The van der Waals surface area contributed by atoms with E-state index in [1.807, 2.05) is 11.3 Å². The maximum absolute atomic E-state index is 2.48. The van der Waals surface area contributed by atoms with Crippen LogP contribution in [0.2, 0.25) is 0 Å². The predicted octanol–water partition coefficient (Wildman–Crippen LogP) is 13.0. The minimum Gasteiger partial charge on any atom is -0.135 e. The number of thiophene rings is 1. The van der Waals surface area contributed by atoms with Gasteiger partial charge in [-0.05, 0) is 119 Å². The van der Waals surface area contributed by atoms with Gasteiger partial charge in [0.15, 0.2) is 0 Å². The molecule has 1 heteroatoms. The van der Waals surface area contributed by atoms with Crippen molar-refractivity contribution >= 4 is 65.2 Å². The molecule has 0 bridgehead atoms. The Balaban J connectivity index is 1.07. The second-order valence-electron chi connectivity index (χ2n) is 15.1. The molecule has 0 saturated carbocycles. The Morgan fingerprint density at radius 1 is 0.442 bits per heavy atom. The topological polar surface area (TPSA) is 0 Å². The SMILES string of the molecule is CC1(C)c2cc(-c3cccc(-c4c5c(c(-c6ccccc6)c6ccccc46)=CCCC=5)c3)ccc2-c2ccc3c(ccc4c5ccccc5sc34)c21. The van der Waals surface area contributed by atoms with Crippen LogP contribution in [0.4, 0.5) is 0 Å². The van der Waals surface area contributed by atoms with Crippen molar-refractivity contribution in [3.63, 3.8) is 0 Å². The van der Waals surface area contributed by atoms with Crippen molar-refractivity contribution in [3.8, 4) is 44.5 Å². The number of rotatable bonds is 3. The first kappa shape index (κ1) is 29.9. The fraction of sp³-hybridized carbons (Fsp3) is 0.0980. The fourth-order valence-electron chi connectivity index (χ4n) is 9.54. The van der Waals surface area contributed by atoms with Gasteiger partial charge in [-0.3, -0.25) is 0 Å². The lowest BCUT2D eigenvalue weighted by Gasteiger charge is -2.24. The van der Waals surface area contributed by atoms with Gasteiger partial charge in [-0.1, -0.05) is 153 Å². The molecule has 0 aliphatic heterocycles. The van der Waals surface area contributed by atoms with Crippen LogP contribution < -0.4 is 10.4 Å². The molecule has 0 nitrogen and oxygen atoms in total. The van der Waals surface area contributed by atoms with Crippen LogP contribution in [0.1, 0.15) is 37.8 Å². The molecule has 0 fully saturated rings. The Kier molecular flexibility index (Phi) is 6.40. The van der Waals surface area contributed by atoms with Crippen molar-refractivity contribution < 1.29 is 0 Å². The van der Waals surface area contributed by atoms with Gasteiger partial charge in [0.25, 0.3) is 0 Å². The molecular formula is C51H36S. The van der Waals surface area contributed by atoms with E-state index in [0.717, 1.165) is 12.8 Å². The highest BCUT2D eigenvalue weighted by molar-refractivity contribution is 7.26. The van der Waals surface area contributed by atoms with Crippen molar-refractivity contribution in [3.05, 3.63) is 167 Å². The lowest BCUT2D eigenvalue weighted by atomic mass is 9.79. The maximum atomic E-state index is 2.48. The van der Waals surface area contributed by atoms with E-state index in [9.17, 15) is 0 Å². The van der Waals surface area contributed by atoms with E-state index in [1.54, 1.807) is 0 Å². The zero-order valence-corrected chi connectivity index (χ0v) is 30.2. The second kappa shape index (κ2) is 11.1. The molecule has 0 atom stereocenters. The summed E-state index contributed by atoms with van der Waals surface area (Å²) < 4.78 is 2.75. The summed E-state index contributed by atoms with van der Waals surface area (Å²) in [7, 11) is 0. The average molecular weight is 681 g/mol. The summed E-state index contributed by atoms with van der Waals surface area (Å²) in [5.41, 5.74) is 13.2. The molecule has 2 aliphatic carbocycles. The minimum atomic E-state index is -0.129. The van der Waals surface area contributed by atoms with Crippen LogP contribution in [0.5, 0.6) is 0 Å². The third kappa shape index (κ3) is 4.21. The highest BCUT2D eigenvalue weighted by Crippen LogP contribution is 2.53. The van der Waals surface area contributed by atoms with Gasteiger partial charge in [0.1, 0.15) is 0 Å². The molecule has 0 N–H and O–H groups in total. The van der Waals surface area contributed by atoms with Gasteiger partial charge >= 0.3 is 0 Å². The minimum absolute atomic E-state index is 0.129. The summed E-state index contributed by atoms with van der Waals surface area (Å²) in [4.78, 5) is 0. The monoisotopic (exact) mass is 680 g/mol. The summed E-state index contributed by atoms with van der Waals surface area (Å²) in [5.74, 6) is 0. The highest BCUT2D eigenvalue weighted by Gasteiger charge is 2.37. The Bertz CT molecular complexity index is 3080. The standard InChI is InChI=1S/C51H36S/c1-51(2)45-30-33(23-24-35(45)41-25-28-44-42(49(41)51)26-27-43-36-17-10-11-22-46(36)52-50(43)44)32-15-12-16-34(29-32)48-39-20-8-6-18-37(39)47(31-13-4-3-5-14-31)38-19-7-9-21-40(38)48/h3-6,8,10-30H,7,9H2,1-2H3. The van der Waals surface area contributed by atoms with Crippen molar-refractivity contribution in [2.75, 3.05) is 0 Å². The molecule has 0 amide bonds. The van der Waals surface area contributed by atoms with E-state index in [0.29, 0.717) is 0 Å². The second-order valence-corrected chi connectivity index (χ2v) is 16.1. The molecule has 9 aromatic rings. The highest BCUT2D eigenvalue weighted by atomic mass is 32.1. The molecule has 0 unspecified atom stereocenters. The van der Waals surface area contributed by atoms with Crippen molar-refractivity contribution in [2.24, 2.45) is 0 Å². The molecular weight excluding hydrogens is 645 g/mol. The van der Waals surface area contributed by atoms with Crippen LogP contribution in [0, 0.1) is 0 Å². The first-order valence-electron chi connectivity index (χ1n) is 18.5. The van der Waals surface area contributed by atoms with Crippen molar-refractivity contribution in [1.29, 1.82) is 0 Å². The van der Waals surface area contributed by atoms with Crippen molar-refractivity contribution in [1.82, 2.24) is 0 Å². The molecule has 52 heavy (non-hydrogen) atoms. The molecule has 246 valence electrons. The van der Waals surface area contributed by atoms with Crippen molar-refractivity contribution in [2.45, 2.75) is 32.1 Å². The third-order valence-electron chi connectivity index (χ3n) is 11.9. The summed E-state index contributed by atoms with van der Waals surface area (Å²) in [5, 5.41) is 10.8. The summed E-state index contributed by atoms with van der Waals surface area (Å²) in [6, 6.07) is 54.7. The van der Waals surface area contributed by atoms with Gasteiger partial charge in [-0.25, -0.2) is 0 Å². The van der Waals surface area contributed by atoms with Crippen LogP contribution in [0.3, 0.4) is 0 Å². The summed E-state index contributed by atoms with van der Waals surface area (Å²) in [6.45, 7) is 4.84. The first-order valence-corrected chi connectivity index (χ1v) is 19.3. The van der Waals surface area contributed by atoms with Gasteiger partial charge in [-0.2, -0.15) is 0 Å². The molecule has 8 aromatic carbocycles. The maximum Gasteiger partial charge on any atom is 0.0433 e. The molecule has 0 radical (unpaired) electrons. The molecule has 2 aliphatic rings. The number of hydrogen-bond donors (Lipinski definition) is 0. The Morgan fingerprint density at radius 3 is 1.81 bits per heavy atom. The van der Waals surface area contributed by atoms with Crippen LogP contribution in [-0.4, -0.2) is 0 Å². The third-order valence-corrected chi connectivity index (χ3v) is 13.1. The van der Waals surface area contributed by atoms with Gasteiger partial charge < -0.3 is 0 Å². The van der Waals surface area contributed by atoms with Crippen LogP contribution in [0.15, 0.2) is 146 Å². The number of hydrogen-bond acceptors (Lipinski definition) is 1. The lowest BCUT2D eigenvalue weighted by molar-refractivity contribution is 0.666. The summed E-state index contributed by atoms with van der Waals surface area (Å²) in [6.07, 6.45) is 7.08. The number of fused-ring (bicyclic) bond motifs is 11. The molecule has 0 saturated heterocycles. The predicted molar refractivity (Wildman–Crippen MR) is 226 cm³/mol. The molecule has 1 heterocycles. The van der Waals surface area contributed by atoms with E-state index in [1.165, 1.54) is 108 Å². The Labute approximate surface area is 307 Å². The Morgan fingerprint density at radius 2 is 1.02 bits per heavy atom. The average Bonchev–Trinajstić information content (AvgIpc) is 3.69. The van der Waals surface area contributed by atoms with Gasteiger partial charge in [0, 0.05) is 25.6 Å². The summed E-state index contributed by atoms with van der Waals surface area (Å²) >= 11 is 1.92. The van der Waals surface area contributed by atoms with Crippen LogP contribution >= 0.6 is 11.3 Å². The quantitative estimate of drug-likeness (QED) is 0.174. The van der Waals surface area contributed by atoms with Crippen LogP contribution in [-0.2, 0) is 5.41 Å². The molecule has 0 spiro atoms. The molecule has 11 rings (SSSR count). The molecule has 1 aromatic heterocycles. The van der Waals surface area contributed by atoms with E-state index in [4.69, 9.17) is 0 Å². The zero-order chi connectivity index (χ0) is 34.6. The van der Waals surface area contributed by atoms with E-state index < -0.39 is 0 Å². The zero-order valence-electron chi connectivity index (χ0n) is 29.3. The van der Waals surface area contributed by atoms with E-state index in [2.05, 4.69) is 172 Å². The fourth-order valence-corrected chi connectivity index (χ4v) is 10.8. The van der Waals surface area contributed by atoms with Gasteiger partial charge in [-0.15, -0.1) is 11.3 Å². The van der Waals surface area contributed by atoms with E-state index >= 15 is 0 Å². The lowest BCUT2D eigenvalue weighted by Crippen LogP contribution is -2.31. The first-order chi connectivity index (χ1) is 25.6. The van der Waals surface area contributed by atoms with Crippen LogP contribution in [0.25, 0.3) is 98.4 Å². The smallest absolute Gasteiger partial charge is 0.0433 e. The van der Waals surface area contributed by atoms with Gasteiger partial charge in [0.2, 0.25) is 0 Å². The normalized spacial score (nSPS) is 14.3.